The maximum absolute atomic E-state index is 12.6. The molecule has 11 heteroatoms. The molecule has 3 amide bonds. The lowest BCUT2D eigenvalue weighted by Crippen LogP contribution is -2.49. The molecule has 1 aliphatic carbocycles. The minimum atomic E-state index is -1.03. The molecule has 1 saturated carbocycles. The van der Waals surface area contributed by atoms with Crippen molar-refractivity contribution >= 4 is 29.7 Å². The number of rotatable bonds is 10. The molecule has 5 N–H and O–H groups in total. The molecule has 35 heavy (non-hydrogen) atoms. The fraction of sp³-hybridized carbons (Fsp3) is 0.792. The van der Waals surface area contributed by atoms with E-state index in [1.165, 1.54) is 12.8 Å². The van der Waals surface area contributed by atoms with Crippen molar-refractivity contribution in [3.63, 3.8) is 0 Å². The van der Waals surface area contributed by atoms with Gasteiger partial charge in [-0.15, -0.1) is 0 Å². The Kier molecular flexibility index (Phi) is 12.1. The van der Waals surface area contributed by atoms with Crippen LogP contribution in [-0.2, 0) is 28.7 Å². The monoisotopic (exact) mass is 498 g/mol. The van der Waals surface area contributed by atoms with Crippen molar-refractivity contribution in [2.24, 2.45) is 23.5 Å². The first kappa shape index (κ1) is 30.3. The average molecular weight is 499 g/mol. The minimum absolute atomic E-state index is 0.0811. The van der Waals surface area contributed by atoms with Gasteiger partial charge in [0.25, 0.3) is 0 Å². The summed E-state index contributed by atoms with van der Waals surface area (Å²) >= 11 is 0. The molecule has 1 saturated heterocycles. The van der Waals surface area contributed by atoms with Crippen molar-refractivity contribution in [3.05, 3.63) is 0 Å². The van der Waals surface area contributed by atoms with Crippen LogP contribution in [0.1, 0.15) is 67.2 Å². The Bertz CT molecular complexity index is 759. The largest absolute Gasteiger partial charge is 0.456 e. The average Bonchev–Trinajstić information content (AvgIpc) is 3.44. The molecule has 3 atom stereocenters. The molecule has 3 unspecified atom stereocenters. The number of esters is 1. The highest BCUT2D eigenvalue weighted by Gasteiger charge is 2.33. The van der Waals surface area contributed by atoms with E-state index in [9.17, 15) is 24.0 Å². The fourth-order valence-corrected chi connectivity index (χ4v) is 3.11. The van der Waals surface area contributed by atoms with Gasteiger partial charge in [0, 0.05) is 12.5 Å². The van der Waals surface area contributed by atoms with Gasteiger partial charge in [-0.25, -0.2) is 9.59 Å². The number of alkyl carbamates (subject to hydrolysis) is 1. The Labute approximate surface area is 207 Å². The predicted octanol–water partition coefficient (Wildman–Crippen LogP) is 1.03. The second-order valence-electron chi connectivity index (χ2n) is 10.5. The zero-order valence-corrected chi connectivity index (χ0v) is 21.8. The Morgan fingerprint density at radius 2 is 1.71 bits per heavy atom. The SMILES string of the molecule is CC(C)C(NC(=O)OC(C)(C)C)C(=O)OCC(=O)C(CC1CCNC1=O)NC(=O)CN.CC1CC1. The Balaban J connectivity index is 0.00000138. The lowest BCUT2D eigenvalue weighted by atomic mass is 9.96. The highest BCUT2D eigenvalue weighted by molar-refractivity contribution is 5.93. The first-order chi connectivity index (χ1) is 16.2. The number of amides is 3. The number of ether oxygens (including phenoxy) is 2. The molecule has 0 radical (unpaired) electrons. The summed E-state index contributed by atoms with van der Waals surface area (Å²) < 4.78 is 10.3. The molecule has 0 aromatic carbocycles. The molecule has 2 fully saturated rings. The number of hydrogen-bond acceptors (Lipinski definition) is 8. The third-order valence-corrected chi connectivity index (χ3v) is 5.41. The molecular formula is C24H42N4O7. The van der Waals surface area contributed by atoms with Crippen LogP contribution in [0.2, 0.25) is 0 Å². The van der Waals surface area contributed by atoms with Gasteiger partial charge in [-0.3, -0.25) is 14.4 Å². The van der Waals surface area contributed by atoms with Gasteiger partial charge in [0.05, 0.1) is 12.6 Å². The van der Waals surface area contributed by atoms with Crippen LogP contribution in [0.15, 0.2) is 0 Å². The van der Waals surface area contributed by atoms with Crippen LogP contribution in [0.25, 0.3) is 0 Å². The highest BCUT2D eigenvalue weighted by atomic mass is 16.6. The minimum Gasteiger partial charge on any atom is -0.456 e. The second-order valence-corrected chi connectivity index (χ2v) is 10.5. The maximum atomic E-state index is 12.6. The van der Waals surface area contributed by atoms with Crippen LogP contribution in [0.4, 0.5) is 4.79 Å². The highest BCUT2D eigenvalue weighted by Crippen LogP contribution is 2.26. The van der Waals surface area contributed by atoms with Crippen molar-refractivity contribution in [1.82, 2.24) is 16.0 Å². The predicted molar refractivity (Wildman–Crippen MR) is 129 cm³/mol. The van der Waals surface area contributed by atoms with Crippen molar-refractivity contribution in [3.8, 4) is 0 Å². The van der Waals surface area contributed by atoms with Gasteiger partial charge >= 0.3 is 12.1 Å². The van der Waals surface area contributed by atoms with Crippen LogP contribution in [0, 0.1) is 17.8 Å². The van der Waals surface area contributed by atoms with E-state index in [-0.39, 0.29) is 24.8 Å². The lowest BCUT2D eigenvalue weighted by molar-refractivity contribution is -0.151. The number of carbonyl (C=O) groups is 5. The summed E-state index contributed by atoms with van der Waals surface area (Å²) in [6, 6.07) is -2.05. The molecule has 0 spiro atoms. The van der Waals surface area contributed by atoms with Gasteiger partial charge in [0.15, 0.2) is 12.4 Å². The molecule has 1 aliphatic heterocycles. The number of hydrogen-bond donors (Lipinski definition) is 4. The number of nitrogens with two attached hydrogens (primary N) is 1. The van der Waals surface area contributed by atoms with Gasteiger partial charge in [-0.05, 0) is 45.4 Å². The van der Waals surface area contributed by atoms with E-state index >= 15 is 0 Å². The van der Waals surface area contributed by atoms with E-state index < -0.39 is 54.0 Å². The van der Waals surface area contributed by atoms with Crippen molar-refractivity contribution in [2.75, 3.05) is 19.7 Å². The van der Waals surface area contributed by atoms with Crippen LogP contribution in [0.3, 0.4) is 0 Å². The molecule has 11 nitrogen and oxygen atoms in total. The van der Waals surface area contributed by atoms with Crippen LogP contribution < -0.4 is 21.7 Å². The van der Waals surface area contributed by atoms with Crippen LogP contribution in [0.5, 0.6) is 0 Å². The van der Waals surface area contributed by atoms with E-state index in [0.717, 1.165) is 5.92 Å². The second kappa shape index (κ2) is 14.0. The first-order valence-electron chi connectivity index (χ1n) is 12.2. The molecule has 0 aromatic heterocycles. The van der Waals surface area contributed by atoms with E-state index in [0.29, 0.717) is 13.0 Å². The lowest BCUT2D eigenvalue weighted by Gasteiger charge is -2.25. The summed E-state index contributed by atoms with van der Waals surface area (Å²) in [4.78, 5) is 60.6. The van der Waals surface area contributed by atoms with Crippen molar-refractivity contribution in [1.29, 1.82) is 0 Å². The van der Waals surface area contributed by atoms with Crippen molar-refractivity contribution in [2.45, 2.75) is 84.9 Å². The van der Waals surface area contributed by atoms with E-state index in [1.807, 2.05) is 0 Å². The Hall–Kier alpha value is -2.69. The third-order valence-electron chi connectivity index (χ3n) is 5.41. The van der Waals surface area contributed by atoms with Gasteiger partial charge in [-0.1, -0.05) is 33.6 Å². The fourth-order valence-electron chi connectivity index (χ4n) is 3.11. The number of nitrogens with one attached hydrogen (secondary N) is 3. The molecule has 1 heterocycles. The van der Waals surface area contributed by atoms with Crippen LogP contribution >= 0.6 is 0 Å². The zero-order chi connectivity index (χ0) is 26.8. The Morgan fingerprint density at radius 1 is 1.11 bits per heavy atom. The smallest absolute Gasteiger partial charge is 0.408 e. The quantitative estimate of drug-likeness (QED) is 0.324. The summed E-state index contributed by atoms with van der Waals surface area (Å²) in [5.74, 6) is -1.82. The molecule has 2 rings (SSSR count). The van der Waals surface area contributed by atoms with E-state index in [1.54, 1.807) is 34.6 Å². The number of Topliss-reactive ketones (excluding diaryl/α,β-unsaturated/α-hetero) is 1. The summed E-state index contributed by atoms with van der Waals surface area (Å²) in [6.07, 6.45) is 2.81. The van der Waals surface area contributed by atoms with E-state index in [2.05, 4.69) is 22.9 Å². The topological polar surface area (TPSA) is 166 Å². The molecule has 0 aromatic rings. The van der Waals surface area contributed by atoms with Gasteiger partial charge in [0.2, 0.25) is 11.8 Å². The summed E-state index contributed by atoms with van der Waals surface area (Å²) in [7, 11) is 0. The molecular weight excluding hydrogens is 456 g/mol. The Morgan fingerprint density at radius 3 is 2.14 bits per heavy atom. The first-order valence-corrected chi connectivity index (χ1v) is 12.2. The van der Waals surface area contributed by atoms with Gasteiger partial charge in [-0.2, -0.15) is 0 Å². The molecule has 0 bridgehead atoms. The normalized spacial score (nSPS) is 19.0. The molecule has 2 aliphatic rings. The zero-order valence-electron chi connectivity index (χ0n) is 21.8. The van der Waals surface area contributed by atoms with E-state index in [4.69, 9.17) is 15.2 Å². The van der Waals surface area contributed by atoms with Gasteiger partial charge in [0.1, 0.15) is 11.6 Å². The maximum Gasteiger partial charge on any atom is 0.408 e. The van der Waals surface area contributed by atoms with Crippen LogP contribution in [-0.4, -0.2) is 67.0 Å². The number of carbonyl (C=O) groups excluding carboxylic acids is 5. The number of ketones is 1. The van der Waals surface area contributed by atoms with Crippen molar-refractivity contribution < 1.29 is 33.4 Å². The molecule has 200 valence electrons. The van der Waals surface area contributed by atoms with Gasteiger partial charge < -0.3 is 31.2 Å². The standard InChI is InChI=1S/C20H34N4O7.C4H8/c1-11(2)16(24-19(29)31-20(3,4)5)18(28)30-10-14(25)13(23-15(26)9-21)8-12-6-7-22-17(12)27;1-4-2-3-4/h11-13,16H,6-10,21H2,1-5H3,(H,22,27)(H,23,26)(H,24,29);4H,2-3H2,1H3. The third kappa shape index (κ3) is 12.5. The summed E-state index contributed by atoms with van der Waals surface area (Å²) in [5.41, 5.74) is 4.56. The summed E-state index contributed by atoms with van der Waals surface area (Å²) in [5, 5.41) is 7.59. The summed E-state index contributed by atoms with van der Waals surface area (Å²) in [6.45, 7) is 10.3.